The van der Waals surface area contributed by atoms with E-state index in [2.05, 4.69) is 9.97 Å². The van der Waals surface area contributed by atoms with E-state index in [4.69, 9.17) is 9.72 Å². The number of hydrogen-bond acceptors (Lipinski definition) is 6. The first-order valence-corrected chi connectivity index (χ1v) is 10.2. The van der Waals surface area contributed by atoms with Gasteiger partial charge in [0.15, 0.2) is 11.5 Å². The monoisotopic (exact) mass is 402 g/mol. The SMILES string of the molecule is O=C(c1ncccc1O)N1CCC2(CC1)OCCc1cnc(-c3ccccc3)nc12. The maximum atomic E-state index is 12.8. The molecule has 2 aliphatic heterocycles. The van der Waals surface area contributed by atoms with E-state index in [1.54, 1.807) is 11.0 Å². The van der Waals surface area contributed by atoms with Crippen molar-refractivity contribution in [1.29, 1.82) is 0 Å². The van der Waals surface area contributed by atoms with Crippen LogP contribution in [0.25, 0.3) is 11.4 Å². The average Bonchev–Trinajstić information content (AvgIpc) is 2.80. The van der Waals surface area contributed by atoms with Gasteiger partial charge < -0.3 is 14.7 Å². The summed E-state index contributed by atoms with van der Waals surface area (Å²) >= 11 is 0. The molecule has 152 valence electrons. The largest absolute Gasteiger partial charge is 0.505 e. The lowest BCUT2D eigenvalue weighted by Gasteiger charge is -2.44. The molecule has 2 aromatic heterocycles. The van der Waals surface area contributed by atoms with Crippen molar-refractivity contribution in [2.75, 3.05) is 19.7 Å². The second-order valence-electron chi connectivity index (χ2n) is 7.69. The quantitative estimate of drug-likeness (QED) is 0.709. The summed E-state index contributed by atoms with van der Waals surface area (Å²) in [5.74, 6) is 0.338. The predicted molar refractivity (Wildman–Crippen MR) is 110 cm³/mol. The van der Waals surface area contributed by atoms with Crippen LogP contribution in [0.3, 0.4) is 0 Å². The second-order valence-corrected chi connectivity index (χ2v) is 7.69. The minimum absolute atomic E-state index is 0.0899. The third kappa shape index (κ3) is 3.21. The van der Waals surface area contributed by atoms with Crippen LogP contribution in [0.1, 0.15) is 34.6 Å². The molecule has 0 aliphatic carbocycles. The van der Waals surface area contributed by atoms with Gasteiger partial charge in [-0.15, -0.1) is 0 Å². The molecule has 0 saturated carbocycles. The van der Waals surface area contributed by atoms with Crippen molar-refractivity contribution < 1.29 is 14.6 Å². The molecule has 0 unspecified atom stereocenters. The summed E-state index contributed by atoms with van der Waals surface area (Å²) in [7, 11) is 0. The fourth-order valence-corrected chi connectivity index (χ4v) is 4.30. The molecular weight excluding hydrogens is 380 g/mol. The second kappa shape index (κ2) is 7.50. The van der Waals surface area contributed by atoms with Crippen LogP contribution in [0.5, 0.6) is 5.75 Å². The van der Waals surface area contributed by atoms with Gasteiger partial charge in [0.25, 0.3) is 5.91 Å². The number of piperidine rings is 1. The van der Waals surface area contributed by atoms with E-state index in [9.17, 15) is 9.90 Å². The normalized spacial score (nSPS) is 17.5. The topological polar surface area (TPSA) is 88.4 Å². The zero-order chi connectivity index (χ0) is 20.6. The van der Waals surface area contributed by atoms with E-state index in [1.807, 2.05) is 36.5 Å². The predicted octanol–water partition coefficient (Wildman–Crippen LogP) is 2.95. The Morgan fingerprint density at radius 1 is 1.07 bits per heavy atom. The van der Waals surface area contributed by atoms with Crippen molar-refractivity contribution in [1.82, 2.24) is 19.9 Å². The van der Waals surface area contributed by atoms with Crippen molar-refractivity contribution in [3.8, 4) is 17.1 Å². The number of ether oxygens (including phenoxy) is 1. The molecule has 1 N–H and O–H groups in total. The number of aromatic nitrogens is 3. The average molecular weight is 402 g/mol. The number of aromatic hydroxyl groups is 1. The maximum Gasteiger partial charge on any atom is 0.276 e. The number of amides is 1. The van der Waals surface area contributed by atoms with Gasteiger partial charge in [0.2, 0.25) is 0 Å². The molecule has 0 radical (unpaired) electrons. The van der Waals surface area contributed by atoms with E-state index >= 15 is 0 Å². The van der Waals surface area contributed by atoms with Crippen molar-refractivity contribution in [3.05, 3.63) is 71.8 Å². The molecule has 30 heavy (non-hydrogen) atoms. The van der Waals surface area contributed by atoms with Crippen LogP contribution in [0, 0.1) is 0 Å². The molecule has 5 rings (SSSR count). The summed E-state index contributed by atoms with van der Waals surface area (Å²) in [6.07, 6.45) is 5.51. The van der Waals surface area contributed by atoms with Crippen LogP contribution in [-0.4, -0.2) is 50.6 Å². The summed E-state index contributed by atoms with van der Waals surface area (Å²) in [6.45, 7) is 1.65. The Kier molecular flexibility index (Phi) is 4.67. The van der Waals surface area contributed by atoms with Crippen LogP contribution in [0.15, 0.2) is 54.9 Å². The number of pyridine rings is 1. The first-order valence-electron chi connectivity index (χ1n) is 10.2. The van der Waals surface area contributed by atoms with Crippen molar-refractivity contribution >= 4 is 5.91 Å². The molecule has 1 aromatic carbocycles. The standard InChI is InChI=1S/C23H22N4O3/c28-18-7-4-11-24-19(18)22(29)27-12-9-23(10-13-27)20-17(8-14-30-23)15-25-21(26-20)16-5-2-1-3-6-16/h1-7,11,15,28H,8-10,12-14H2. The van der Waals surface area contributed by atoms with Gasteiger partial charge in [0.05, 0.1) is 12.3 Å². The molecular formula is C23H22N4O3. The summed E-state index contributed by atoms with van der Waals surface area (Å²) in [5.41, 5.74) is 2.60. The Morgan fingerprint density at radius 3 is 2.63 bits per heavy atom. The zero-order valence-corrected chi connectivity index (χ0v) is 16.5. The minimum atomic E-state index is -0.511. The molecule has 7 heteroatoms. The highest BCUT2D eigenvalue weighted by molar-refractivity contribution is 5.94. The number of fused-ring (bicyclic) bond motifs is 2. The fraction of sp³-hybridized carbons (Fsp3) is 0.304. The van der Waals surface area contributed by atoms with Gasteiger partial charge in [0.1, 0.15) is 11.4 Å². The van der Waals surface area contributed by atoms with Gasteiger partial charge in [-0.1, -0.05) is 30.3 Å². The first kappa shape index (κ1) is 18.7. The molecule has 1 fully saturated rings. The minimum Gasteiger partial charge on any atom is -0.505 e. The van der Waals surface area contributed by atoms with E-state index in [-0.39, 0.29) is 17.4 Å². The molecule has 4 heterocycles. The zero-order valence-electron chi connectivity index (χ0n) is 16.5. The highest BCUT2D eigenvalue weighted by atomic mass is 16.5. The van der Waals surface area contributed by atoms with Gasteiger partial charge in [-0.25, -0.2) is 15.0 Å². The number of carbonyl (C=O) groups is 1. The smallest absolute Gasteiger partial charge is 0.276 e. The molecule has 0 atom stereocenters. The van der Waals surface area contributed by atoms with E-state index in [0.717, 1.165) is 23.2 Å². The number of likely N-dealkylation sites (tertiary alicyclic amines) is 1. The van der Waals surface area contributed by atoms with Crippen molar-refractivity contribution in [2.24, 2.45) is 0 Å². The lowest BCUT2D eigenvalue weighted by Crippen LogP contribution is -2.49. The highest BCUT2D eigenvalue weighted by Crippen LogP contribution is 2.41. The van der Waals surface area contributed by atoms with Crippen LogP contribution in [0.4, 0.5) is 0 Å². The summed E-state index contributed by atoms with van der Waals surface area (Å²) in [4.78, 5) is 28.1. The van der Waals surface area contributed by atoms with Gasteiger partial charge in [-0.2, -0.15) is 0 Å². The molecule has 0 bridgehead atoms. The van der Waals surface area contributed by atoms with Gasteiger partial charge >= 0.3 is 0 Å². The Bertz CT molecular complexity index is 1080. The molecule has 2 aliphatic rings. The van der Waals surface area contributed by atoms with E-state index in [0.29, 0.717) is 38.4 Å². The van der Waals surface area contributed by atoms with Crippen LogP contribution in [-0.2, 0) is 16.8 Å². The molecule has 1 saturated heterocycles. The van der Waals surface area contributed by atoms with Gasteiger partial charge in [-0.3, -0.25) is 4.79 Å². The maximum absolute atomic E-state index is 12.8. The Balaban J connectivity index is 1.41. The Morgan fingerprint density at radius 2 is 1.87 bits per heavy atom. The summed E-state index contributed by atoms with van der Waals surface area (Å²) in [5, 5.41) is 9.97. The van der Waals surface area contributed by atoms with Crippen LogP contribution in [0.2, 0.25) is 0 Å². The Hall–Kier alpha value is -3.32. The molecule has 3 aromatic rings. The van der Waals surface area contributed by atoms with Crippen molar-refractivity contribution in [3.63, 3.8) is 0 Å². The number of rotatable bonds is 2. The molecule has 1 spiro atoms. The lowest BCUT2D eigenvalue weighted by atomic mass is 9.83. The van der Waals surface area contributed by atoms with Crippen LogP contribution >= 0.6 is 0 Å². The third-order valence-electron chi connectivity index (χ3n) is 5.93. The fourth-order valence-electron chi connectivity index (χ4n) is 4.30. The van der Waals surface area contributed by atoms with Gasteiger partial charge in [0, 0.05) is 31.0 Å². The number of benzene rings is 1. The summed E-state index contributed by atoms with van der Waals surface area (Å²) < 4.78 is 6.29. The molecule has 1 amide bonds. The number of nitrogens with zero attached hydrogens (tertiary/aromatic N) is 4. The van der Waals surface area contributed by atoms with Crippen molar-refractivity contribution in [2.45, 2.75) is 24.9 Å². The third-order valence-corrected chi connectivity index (χ3v) is 5.93. The lowest BCUT2D eigenvalue weighted by molar-refractivity contribution is -0.0967. The highest BCUT2D eigenvalue weighted by Gasteiger charge is 2.43. The first-order chi connectivity index (χ1) is 14.7. The summed E-state index contributed by atoms with van der Waals surface area (Å²) in [6, 6.07) is 13.0. The number of hydrogen-bond donors (Lipinski definition) is 1. The molecule has 7 nitrogen and oxygen atoms in total. The number of carbonyl (C=O) groups excluding carboxylic acids is 1. The van der Waals surface area contributed by atoms with E-state index < -0.39 is 5.60 Å². The van der Waals surface area contributed by atoms with Gasteiger partial charge in [-0.05, 0) is 37.0 Å². The Labute approximate surface area is 174 Å². The van der Waals surface area contributed by atoms with Crippen LogP contribution < -0.4 is 0 Å². The van der Waals surface area contributed by atoms with E-state index in [1.165, 1.54) is 12.3 Å².